The maximum absolute atomic E-state index is 13.6. The van der Waals surface area contributed by atoms with E-state index in [9.17, 15) is 18.4 Å². The lowest BCUT2D eigenvalue weighted by molar-refractivity contribution is 0.0979. The zero-order valence-corrected chi connectivity index (χ0v) is 18.1. The molecule has 0 spiro atoms. The summed E-state index contributed by atoms with van der Waals surface area (Å²) in [4.78, 5) is 30.6. The van der Waals surface area contributed by atoms with E-state index in [1.165, 1.54) is 10.6 Å². The molecule has 0 atom stereocenters. The Bertz CT molecular complexity index is 1420. The summed E-state index contributed by atoms with van der Waals surface area (Å²) in [5, 5.41) is 0.435. The van der Waals surface area contributed by atoms with Crippen molar-refractivity contribution in [3.05, 3.63) is 106 Å². The molecule has 0 saturated heterocycles. The predicted molar refractivity (Wildman–Crippen MR) is 126 cm³/mol. The zero-order chi connectivity index (χ0) is 23.4. The molecule has 0 unspecified atom stereocenters. The second kappa shape index (κ2) is 9.69. The van der Waals surface area contributed by atoms with Crippen LogP contribution in [0.4, 0.5) is 8.78 Å². The first-order chi connectivity index (χ1) is 16.0. The highest BCUT2D eigenvalue weighted by atomic mass is 19.2. The van der Waals surface area contributed by atoms with E-state index in [0.717, 1.165) is 25.0 Å². The molecule has 33 heavy (non-hydrogen) atoms. The first kappa shape index (κ1) is 22.3. The summed E-state index contributed by atoms with van der Waals surface area (Å²) in [6.07, 6.45) is 5.28. The third-order valence-electron chi connectivity index (χ3n) is 5.35. The van der Waals surface area contributed by atoms with Crippen LogP contribution in [0.15, 0.2) is 71.5 Å². The number of carbonyl (C=O) groups excluding carboxylic acids is 1. The molecule has 0 bridgehead atoms. The Morgan fingerprint density at radius 1 is 0.970 bits per heavy atom. The van der Waals surface area contributed by atoms with Crippen LogP contribution in [0, 0.1) is 11.6 Å². The highest BCUT2D eigenvalue weighted by molar-refractivity contribution is 5.96. The van der Waals surface area contributed by atoms with Gasteiger partial charge in [0.2, 0.25) is 0 Å². The number of Topliss-reactive ketones (excluding diaryl/α,β-unsaturated/α-hetero) is 1. The molecule has 0 aliphatic carbocycles. The minimum absolute atomic E-state index is 0.0133. The van der Waals surface area contributed by atoms with E-state index in [4.69, 9.17) is 0 Å². The normalized spacial score (nSPS) is 11.4. The van der Waals surface area contributed by atoms with Crippen LogP contribution in [0.2, 0.25) is 0 Å². The van der Waals surface area contributed by atoms with Crippen LogP contribution < -0.4 is 5.56 Å². The van der Waals surface area contributed by atoms with Crippen molar-refractivity contribution < 1.29 is 13.6 Å². The molecule has 0 aliphatic rings. The van der Waals surface area contributed by atoms with Gasteiger partial charge in [0.15, 0.2) is 17.4 Å². The van der Waals surface area contributed by atoms with Crippen molar-refractivity contribution in [2.24, 2.45) is 0 Å². The number of fused-ring (bicyclic) bond motifs is 1. The van der Waals surface area contributed by atoms with Crippen LogP contribution in [0.1, 0.15) is 47.9 Å². The lowest BCUT2D eigenvalue weighted by Crippen LogP contribution is -2.22. The fraction of sp³-hybridized carbons (Fsp3) is 0.148. The van der Waals surface area contributed by atoms with Crippen molar-refractivity contribution in [2.75, 3.05) is 0 Å². The van der Waals surface area contributed by atoms with Gasteiger partial charge in [0.1, 0.15) is 5.82 Å². The Morgan fingerprint density at radius 3 is 2.58 bits per heavy atom. The van der Waals surface area contributed by atoms with Gasteiger partial charge in [-0.1, -0.05) is 49.8 Å². The molecule has 166 valence electrons. The molecule has 4 aromatic rings. The molecule has 1 heterocycles. The van der Waals surface area contributed by atoms with Crippen molar-refractivity contribution in [3.8, 4) is 5.69 Å². The monoisotopic (exact) mass is 444 g/mol. The number of unbranched alkanes of at least 4 members (excludes halogenated alkanes) is 1. The van der Waals surface area contributed by atoms with E-state index in [1.807, 2.05) is 6.92 Å². The smallest absolute Gasteiger partial charge is 0.266 e. The molecule has 0 fully saturated rings. The molecular formula is C27H22F2N2O2. The van der Waals surface area contributed by atoms with E-state index in [2.05, 4.69) is 4.98 Å². The molecule has 0 radical (unpaired) electrons. The van der Waals surface area contributed by atoms with Gasteiger partial charge in [-0.25, -0.2) is 13.8 Å². The van der Waals surface area contributed by atoms with Gasteiger partial charge in [0.25, 0.3) is 5.56 Å². The van der Waals surface area contributed by atoms with Crippen molar-refractivity contribution >= 4 is 28.8 Å². The number of aromatic nitrogens is 2. The molecule has 4 nitrogen and oxygen atoms in total. The molecule has 3 aromatic carbocycles. The van der Waals surface area contributed by atoms with Crippen LogP contribution in [-0.2, 0) is 0 Å². The number of hydrogen-bond acceptors (Lipinski definition) is 3. The molecule has 6 heteroatoms. The number of carbonyl (C=O) groups is 1. The number of hydrogen-bond donors (Lipinski definition) is 0. The Balaban J connectivity index is 1.86. The Labute approximate surface area is 189 Å². The van der Waals surface area contributed by atoms with Gasteiger partial charge in [-0.3, -0.25) is 14.2 Å². The van der Waals surface area contributed by atoms with Crippen molar-refractivity contribution in [2.45, 2.75) is 26.2 Å². The number of rotatable bonds is 7. The van der Waals surface area contributed by atoms with E-state index < -0.39 is 11.6 Å². The predicted octanol–water partition coefficient (Wildman–Crippen LogP) is 6.21. The third kappa shape index (κ3) is 4.80. The first-order valence-electron chi connectivity index (χ1n) is 10.8. The molecule has 0 N–H and O–H groups in total. The minimum atomic E-state index is -0.959. The number of ketones is 1. The third-order valence-corrected chi connectivity index (χ3v) is 5.35. The molecule has 1 aromatic heterocycles. The Morgan fingerprint density at radius 2 is 1.79 bits per heavy atom. The van der Waals surface area contributed by atoms with Gasteiger partial charge < -0.3 is 0 Å². The SMILES string of the molecule is CCCCC(=O)c1cccc(-n2c(/C=C/c3ccc(F)c(F)c3)nc3ccccc3c2=O)c1. The lowest BCUT2D eigenvalue weighted by Gasteiger charge is -2.12. The van der Waals surface area contributed by atoms with Gasteiger partial charge in [0, 0.05) is 12.0 Å². The molecule has 0 saturated carbocycles. The van der Waals surface area contributed by atoms with Gasteiger partial charge in [-0.2, -0.15) is 0 Å². The van der Waals surface area contributed by atoms with E-state index in [-0.39, 0.29) is 11.3 Å². The van der Waals surface area contributed by atoms with Gasteiger partial charge >= 0.3 is 0 Å². The van der Waals surface area contributed by atoms with Crippen LogP contribution in [0.5, 0.6) is 0 Å². The van der Waals surface area contributed by atoms with E-state index >= 15 is 0 Å². The maximum atomic E-state index is 13.6. The van der Waals surface area contributed by atoms with Crippen molar-refractivity contribution in [1.82, 2.24) is 9.55 Å². The fourth-order valence-corrected chi connectivity index (χ4v) is 3.60. The van der Waals surface area contributed by atoms with Crippen molar-refractivity contribution in [1.29, 1.82) is 0 Å². The zero-order valence-electron chi connectivity index (χ0n) is 18.1. The van der Waals surface area contributed by atoms with E-state index in [0.29, 0.717) is 40.0 Å². The Kier molecular flexibility index (Phi) is 6.54. The second-order valence-electron chi connectivity index (χ2n) is 7.71. The molecular weight excluding hydrogens is 422 g/mol. The fourth-order valence-electron chi connectivity index (χ4n) is 3.60. The van der Waals surface area contributed by atoms with Crippen LogP contribution in [0.25, 0.3) is 28.7 Å². The number of halogens is 2. The van der Waals surface area contributed by atoms with Gasteiger partial charge in [-0.05, 0) is 54.5 Å². The summed E-state index contributed by atoms with van der Waals surface area (Å²) in [6, 6.07) is 17.4. The molecule has 0 aliphatic heterocycles. The summed E-state index contributed by atoms with van der Waals surface area (Å²) in [5.74, 6) is -1.57. The van der Waals surface area contributed by atoms with Crippen LogP contribution >= 0.6 is 0 Å². The quantitative estimate of drug-likeness (QED) is 0.319. The second-order valence-corrected chi connectivity index (χ2v) is 7.71. The number of para-hydroxylation sites is 1. The van der Waals surface area contributed by atoms with Gasteiger partial charge in [0.05, 0.1) is 16.6 Å². The maximum Gasteiger partial charge on any atom is 0.266 e. The van der Waals surface area contributed by atoms with Crippen LogP contribution in [0.3, 0.4) is 0 Å². The molecule has 0 amide bonds. The van der Waals surface area contributed by atoms with Gasteiger partial charge in [-0.15, -0.1) is 0 Å². The van der Waals surface area contributed by atoms with E-state index in [1.54, 1.807) is 60.7 Å². The first-order valence-corrected chi connectivity index (χ1v) is 10.8. The summed E-state index contributed by atoms with van der Waals surface area (Å²) in [6.45, 7) is 2.02. The molecule has 4 rings (SSSR count). The average Bonchev–Trinajstić information content (AvgIpc) is 2.83. The Hall–Kier alpha value is -3.93. The minimum Gasteiger partial charge on any atom is -0.294 e. The largest absolute Gasteiger partial charge is 0.294 e. The summed E-state index contributed by atoms with van der Waals surface area (Å²) in [5.41, 5.74) is 1.68. The van der Waals surface area contributed by atoms with Crippen LogP contribution in [-0.4, -0.2) is 15.3 Å². The highest BCUT2D eigenvalue weighted by Gasteiger charge is 2.13. The highest BCUT2D eigenvalue weighted by Crippen LogP contribution is 2.18. The standard InChI is InChI=1S/C27H22F2N2O2/c1-2-3-11-25(32)19-7-6-8-20(17-19)31-26(15-13-18-12-14-22(28)23(29)16-18)30-24-10-5-4-9-21(24)27(31)33/h4-10,12-17H,2-3,11H2,1H3/b15-13+. The lowest BCUT2D eigenvalue weighted by atomic mass is 10.0. The topological polar surface area (TPSA) is 52.0 Å². The summed E-state index contributed by atoms with van der Waals surface area (Å²) in [7, 11) is 0. The van der Waals surface area contributed by atoms with Crippen molar-refractivity contribution in [3.63, 3.8) is 0 Å². The average molecular weight is 444 g/mol. The summed E-state index contributed by atoms with van der Waals surface area (Å²) < 4.78 is 28.3. The number of nitrogens with zero attached hydrogens (tertiary/aromatic N) is 2. The number of benzene rings is 3. The summed E-state index contributed by atoms with van der Waals surface area (Å²) >= 11 is 0.